The number of nitrogens with zero attached hydrogens (tertiary/aromatic N) is 3. The van der Waals surface area contributed by atoms with E-state index < -0.39 is 17.6 Å². The zero-order valence-electron chi connectivity index (χ0n) is 8.19. The van der Waals surface area contributed by atoms with E-state index in [4.69, 9.17) is 10.2 Å². The highest BCUT2D eigenvalue weighted by Gasteiger charge is 2.19. The maximum absolute atomic E-state index is 10.8. The summed E-state index contributed by atoms with van der Waals surface area (Å²) in [5.41, 5.74) is -0.531. The lowest BCUT2D eigenvalue weighted by molar-refractivity contribution is 0.0684. The number of carboxylic acids is 2. The van der Waals surface area contributed by atoms with Gasteiger partial charge in [-0.1, -0.05) is 0 Å². The average Bonchev–Trinajstić information content (AvgIpc) is 2.66. The van der Waals surface area contributed by atoms with Gasteiger partial charge in [-0.05, 0) is 17.3 Å². The van der Waals surface area contributed by atoms with Crippen molar-refractivity contribution in [2.45, 2.75) is 0 Å². The van der Waals surface area contributed by atoms with Crippen molar-refractivity contribution in [2.75, 3.05) is 0 Å². The number of carboxylic acid groups (broad SMARTS) is 2. The summed E-state index contributed by atoms with van der Waals surface area (Å²) in [4.78, 5) is 35.6. The van der Waals surface area contributed by atoms with Gasteiger partial charge in [-0.2, -0.15) is 0 Å². The summed E-state index contributed by atoms with van der Waals surface area (Å²) in [5, 5.41) is 20.1. The molecule has 0 saturated heterocycles. The lowest BCUT2D eigenvalue weighted by Crippen LogP contribution is -1.97. The minimum atomic E-state index is -1.40. The first kappa shape index (κ1) is 10.7. The molecule has 2 rings (SSSR count). The van der Waals surface area contributed by atoms with E-state index in [0.29, 0.717) is 0 Å². The van der Waals surface area contributed by atoms with Crippen molar-refractivity contribution in [3.8, 4) is 0 Å². The van der Waals surface area contributed by atoms with E-state index in [1.807, 2.05) is 0 Å². The minimum Gasteiger partial charge on any atom is -0.478 e. The second kappa shape index (κ2) is 3.67. The third-order valence-corrected chi connectivity index (χ3v) is 2.14. The first-order valence-corrected chi connectivity index (χ1v) is 4.36. The average molecular weight is 235 g/mol. The highest BCUT2D eigenvalue weighted by molar-refractivity contribution is 5.93. The summed E-state index contributed by atoms with van der Waals surface area (Å²) >= 11 is 0. The van der Waals surface area contributed by atoms with Gasteiger partial charge < -0.3 is 10.2 Å². The Morgan fingerprint density at radius 2 is 2.00 bits per heavy atom. The summed E-state index contributed by atoms with van der Waals surface area (Å²) in [6.07, 6.45) is 1.23. The van der Waals surface area contributed by atoms with Crippen molar-refractivity contribution in [1.82, 2.24) is 9.38 Å². The van der Waals surface area contributed by atoms with Crippen LogP contribution in [-0.2, 0) is 0 Å². The van der Waals surface area contributed by atoms with Crippen LogP contribution >= 0.6 is 0 Å². The molecule has 86 valence electrons. The van der Waals surface area contributed by atoms with Crippen LogP contribution in [0.2, 0.25) is 0 Å². The van der Waals surface area contributed by atoms with Gasteiger partial charge in [0.15, 0.2) is 5.69 Å². The van der Waals surface area contributed by atoms with E-state index in [-0.39, 0.29) is 17.0 Å². The molecule has 8 heteroatoms. The fourth-order valence-electron chi connectivity index (χ4n) is 1.40. The summed E-state index contributed by atoms with van der Waals surface area (Å²) in [5.74, 6) is -2.95. The molecule has 0 bridgehead atoms. The fraction of sp³-hybridized carbons (Fsp3) is 0. The molecule has 0 aliphatic rings. The molecule has 2 aromatic heterocycles. The molecule has 2 aromatic rings. The lowest BCUT2D eigenvalue weighted by Gasteiger charge is -1.96. The van der Waals surface area contributed by atoms with Crippen LogP contribution in [0.1, 0.15) is 20.8 Å². The predicted octanol–water partition coefficient (Wildman–Crippen LogP) is 1.13. The van der Waals surface area contributed by atoms with Crippen LogP contribution in [0.4, 0.5) is 5.82 Å². The quantitative estimate of drug-likeness (QED) is 0.769. The van der Waals surface area contributed by atoms with E-state index in [0.717, 1.165) is 10.5 Å². The molecule has 0 saturated carbocycles. The van der Waals surface area contributed by atoms with Crippen LogP contribution in [0.15, 0.2) is 23.5 Å². The van der Waals surface area contributed by atoms with Gasteiger partial charge in [-0.3, -0.25) is 4.40 Å². The van der Waals surface area contributed by atoms with Crippen molar-refractivity contribution in [3.63, 3.8) is 0 Å². The van der Waals surface area contributed by atoms with Crippen LogP contribution in [0.3, 0.4) is 0 Å². The van der Waals surface area contributed by atoms with Crippen molar-refractivity contribution in [1.29, 1.82) is 0 Å². The largest absolute Gasteiger partial charge is 0.478 e. The number of hydrogen-bond donors (Lipinski definition) is 2. The Kier molecular flexibility index (Phi) is 2.32. The third kappa shape index (κ3) is 1.61. The Labute approximate surface area is 93.1 Å². The molecule has 2 heterocycles. The molecule has 0 radical (unpaired) electrons. The normalized spacial score (nSPS) is 10.4. The molecule has 8 nitrogen and oxygen atoms in total. The molecular formula is C9H5N3O5. The van der Waals surface area contributed by atoms with Gasteiger partial charge in [0.05, 0.1) is 5.56 Å². The highest BCUT2D eigenvalue weighted by Crippen LogP contribution is 2.21. The fourth-order valence-corrected chi connectivity index (χ4v) is 1.40. The number of imidazole rings is 1. The molecule has 0 aliphatic heterocycles. The van der Waals surface area contributed by atoms with Gasteiger partial charge in [-0.25, -0.2) is 14.6 Å². The van der Waals surface area contributed by atoms with E-state index >= 15 is 0 Å². The first-order chi connectivity index (χ1) is 8.04. The molecule has 0 aliphatic carbocycles. The SMILES string of the molecule is O=Nc1c(C(=O)O)nc2cc(C(=O)O)ccn12. The molecule has 0 atom stereocenters. The van der Waals surface area contributed by atoms with E-state index in [1.54, 1.807) is 0 Å². The van der Waals surface area contributed by atoms with Gasteiger partial charge >= 0.3 is 11.9 Å². The van der Waals surface area contributed by atoms with Crippen LogP contribution in [0.5, 0.6) is 0 Å². The molecule has 0 amide bonds. The zero-order chi connectivity index (χ0) is 12.6. The number of aromatic nitrogens is 2. The highest BCUT2D eigenvalue weighted by atomic mass is 16.4. The second-order valence-corrected chi connectivity index (χ2v) is 3.13. The number of rotatable bonds is 3. The maximum atomic E-state index is 10.8. The molecular weight excluding hydrogens is 230 g/mol. The number of carbonyl (C=O) groups is 2. The van der Waals surface area contributed by atoms with Crippen LogP contribution < -0.4 is 0 Å². The number of fused-ring (bicyclic) bond motifs is 1. The summed E-state index contributed by atoms with van der Waals surface area (Å²) in [7, 11) is 0. The van der Waals surface area contributed by atoms with E-state index in [1.165, 1.54) is 12.3 Å². The maximum Gasteiger partial charge on any atom is 0.358 e. The lowest BCUT2D eigenvalue weighted by atomic mass is 10.3. The van der Waals surface area contributed by atoms with Gasteiger partial charge in [-0.15, -0.1) is 4.91 Å². The second-order valence-electron chi connectivity index (χ2n) is 3.13. The van der Waals surface area contributed by atoms with Gasteiger partial charge in [0.1, 0.15) is 5.65 Å². The molecule has 0 unspecified atom stereocenters. The first-order valence-electron chi connectivity index (χ1n) is 4.36. The van der Waals surface area contributed by atoms with Gasteiger partial charge in [0, 0.05) is 6.20 Å². The Morgan fingerprint density at radius 3 is 2.53 bits per heavy atom. The standard InChI is InChI=1S/C9H5N3O5/c13-8(14)4-1-2-12-5(3-4)10-6(9(15)16)7(12)11-17/h1-3H,(H,13,14)(H,15,16). The number of pyridine rings is 1. The smallest absolute Gasteiger partial charge is 0.358 e. The van der Waals surface area contributed by atoms with Crippen LogP contribution in [0, 0.1) is 4.91 Å². The Balaban J connectivity index is 2.77. The van der Waals surface area contributed by atoms with Crippen molar-refractivity contribution < 1.29 is 19.8 Å². The minimum absolute atomic E-state index is 0.0388. The van der Waals surface area contributed by atoms with Crippen molar-refractivity contribution in [2.24, 2.45) is 5.18 Å². The summed E-state index contributed by atoms with van der Waals surface area (Å²) in [6, 6.07) is 2.38. The van der Waals surface area contributed by atoms with E-state index in [9.17, 15) is 14.5 Å². The Morgan fingerprint density at radius 1 is 1.29 bits per heavy atom. The topological polar surface area (TPSA) is 121 Å². The zero-order valence-corrected chi connectivity index (χ0v) is 8.19. The summed E-state index contributed by atoms with van der Waals surface area (Å²) in [6.45, 7) is 0. The Bertz CT molecular complexity index is 645. The van der Waals surface area contributed by atoms with Gasteiger partial charge in [0.2, 0.25) is 5.82 Å². The molecule has 0 spiro atoms. The van der Waals surface area contributed by atoms with Crippen LogP contribution in [0.25, 0.3) is 5.65 Å². The van der Waals surface area contributed by atoms with Crippen molar-refractivity contribution >= 4 is 23.4 Å². The monoisotopic (exact) mass is 235 g/mol. The molecule has 0 fully saturated rings. The number of aromatic carboxylic acids is 2. The van der Waals surface area contributed by atoms with Crippen LogP contribution in [-0.4, -0.2) is 31.5 Å². The molecule has 2 N–H and O–H groups in total. The number of nitroso groups, excluding NO2 is 1. The number of hydrogen-bond acceptors (Lipinski definition) is 5. The molecule has 17 heavy (non-hydrogen) atoms. The third-order valence-electron chi connectivity index (χ3n) is 2.14. The Hall–Kier alpha value is -2.77. The van der Waals surface area contributed by atoms with Crippen molar-refractivity contribution in [3.05, 3.63) is 34.5 Å². The van der Waals surface area contributed by atoms with Gasteiger partial charge in [0.25, 0.3) is 0 Å². The summed E-state index contributed by atoms with van der Waals surface area (Å²) < 4.78 is 1.11. The molecule has 0 aromatic carbocycles. The van der Waals surface area contributed by atoms with E-state index in [2.05, 4.69) is 10.2 Å². The predicted molar refractivity (Wildman–Crippen MR) is 54.6 cm³/mol.